The van der Waals surface area contributed by atoms with Crippen molar-refractivity contribution in [1.29, 1.82) is 0 Å². The van der Waals surface area contributed by atoms with Crippen LogP contribution in [0.15, 0.2) is 40.9 Å². The first kappa shape index (κ1) is 15.8. The second-order valence-electron chi connectivity index (χ2n) is 4.08. The Kier molecular flexibility index (Phi) is 5.56. The van der Waals surface area contributed by atoms with Gasteiger partial charge < -0.3 is 4.84 Å². The quantitative estimate of drug-likeness (QED) is 0.342. The average Bonchev–Trinajstić information content (AvgIpc) is 2.85. The van der Waals surface area contributed by atoms with Crippen LogP contribution < -0.4 is 0 Å². The summed E-state index contributed by atoms with van der Waals surface area (Å²) in [6, 6.07) is 7.06. The predicted molar refractivity (Wildman–Crippen MR) is 88.2 cm³/mol. The van der Waals surface area contributed by atoms with Crippen molar-refractivity contribution >= 4 is 52.8 Å². The van der Waals surface area contributed by atoms with Crippen LogP contribution in [0.1, 0.15) is 16.0 Å². The Morgan fingerprint density at radius 1 is 1.29 bits per heavy atom. The van der Waals surface area contributed by atoms with E-state index < -0.39 is 5.97 Å². The molecule has 3 nitrogen and oxygen atoms in total. The van der Waals surface area contributed by atoms with Crippen molar-refractivity contribution in [3.8, 4) is 0 Å². The largest absolute Gasteiger partial charge is 0.358 e. The van der Waals surface area contributed by atoms with Crippen molar-refractivity contribution in [3.63, 3.8) is 0 Å². The number of oxime groups is 1. The maximum atomic E-state index is 11.5. The highest BCUT2D eigenvalue weighted by molar-refractivity contribution is 7.11. The molecule has 0 atom stereocenters. The number of nitrogens with zero attached hydrogens (tertiary/aromatic N) is 1. The number of aryl methyl sites for hydroxylation is 1. The standard InChI is InChI=1S/C15H11Cl2NO2S/c1-10-7-8-21-14(10)5-6-15(19)20-18-9-11-12(16)3-2-4-13(11)17/h2-9H,1H3/b6-5+,18-9+. The number of thiophene rings is 1. The van der Waals surface area contributed by atoms with E-state index in [1.165, 1.54) is 12.3 Å². The maximum Gasteiger partial charge on any atom is 0.358 e. The van der Waals surface area contributed by atoms with Gasteiger partial charge in [-0.2, -0.15) is 0 Å². The van der Waals surface area contributed by atoms with Gasteiger partial charge in [-0.05, 0) is 42.1 Å². The summed E-state index contributed by atoms with van der Waals surface area (Å²) in [5.74, 6) is -0.567. The number of hydrogen-bond donors (Lipinski definition) is 0. The lowest BCUT2D eigenvalue weighted by Crippen LogP contribution is -1.95. The number of carbonyl (C=O) groups excluding carboxylic acids is 1. The van der Waals surface area contributed by atoms with Crippen molar-refractivity contribution in [2.24, 2.45) is 5.16 Å². The lowest BCUT2D eigenvalue weighted by molar-refractivity contribution is -0.137. The molecular weight excluding hydrogens is 329 g/mol. The zero-order chi connectivity index (χ0) is 15.2. The zero-order valence-corrected chi connectivity index (χ0v) is 13.4. The topological polar surface area (TPSA) is 38.7 Å². The summed E-state index contributed by atoms with van der Waals surface area (Å²) < 4.78 is 0. The van der Waals surface area contributed by atoms with Gasteiger partial charge in [0.15, 0.2) is 0 Å². The number of halogens is 2. The molecule has 1 aromatic carbocycles. The fraction of sp³-hybridized carbons (Fsp3) is 0.0667. The molecule has 0 bridgehead atoms. The molecule has 0 unspecified atom stereocenters. The number of rotatable bonds is 4. The molecule has 1 aromatic heterocycles. The van der Waals surface area contributed by atoms with Crippen LogP contribution in [0.3, 0.4) is 0 Å². The van der Waals surface area contributed by atoms with E-state index in [4.69, 9.17) is 28.0 Å². The zero-order valence-electron chi connectivity index (χ0n) is 11.0. The number of hydrogen-bond acceptors (Lipinski definition) is 4. The lowest BCUT2D eigenvalue weighted by atomic mass is 10.2. The van der Waals surface area contributed by atoms with E-state index >= 15 is 0 Å². The van der Waals surface area contributed by atoms with E-state index in [-0.39, 0.29) is 0 Å². The van der Waals surface area contributed by atoms with Gasteiger partial charge in [0, 0.05) is 16.5 Å². The van der Waals surface area contributed by atoms with E-state index in [9.17, 15) is 4.79 Å². The Labute approximate surface area is 136 Å². The minimum Gasteiger partial charge on any atom is -0.313 e. The van der Waals surface area contributed by atoms with Crippen molar-refractivity contribution < 1.29 is 9.63 Å². The molecule has 2 aromatic rings. The van der Waals surface area contributed by atoms with Crippen molar-refractivity contribution in [2.75, 3.05) is 0 Å². The summed E-state index contributed by atoms with van der Waals surface area (Å²) in [6.07, 6.45) is 4.33. The molecule has 0 amide bonds. The van der Waals surface area contributed by atoms with Gasteiger partial charge in [0.1, 0.15) is 0 Å². The molecule has 21 heavy (non-hydrogen) atoms. The Bertz CT molecular complexity index is 687. The van der Waals surface area contributed by atoms with Crippen LogP contribution in [0.4, 0.5) is 0 Å². The van der Waals surface area contributed by atoms with Gasteiger partial charge in [0.2, 0.25) is 0 Å². The molecule has 0 aliphatic rings. The van der Waals surface area contributed by atoms with Crippen LogP contribution in [0.25, 0.3) is 6.08 Å². The monoisotopic (exact) mass is 339 g/mol. The number of benzene rings is 1. The summed E-state index contributed by atoms with van der Waals surface area (Å²) in [4.78, 5) is 17.3. The van der Waals surface area contributed by atoms with Crippen LogP contribution in [0.5, 0.6) is 0 Å². The fourth-order valence-corrected chi connectivity index (χ4v) is 2.81. The molecule has 0 fully saturated rings. The van der Waals surface area contributed by atoms with Crippen LogP contribution in [0, 0.1) is 6.92 Å². The summed E-state index contributed by atoms with van der Waals surface area (Å²) in [5, 5.41) is 6.42. The minimum atomic E-state index is -0.567. The van der Waals surface area contributed by atoms with Crippen molar-refractivity contribution in [1.82, 2.24) is 0 Å². The molecule has 0 N–H and O–H groups in total. The van der Waals surface area contributed by atoms with E-state index in [1.54, 1.807) is 35.6 Å². The molecule has 0 spiro atoms. The highest BCUT2D eigenvalue weighted by Crippen LogP contribution is 2.22. The second kappa shape index (κ2) is 7.41. The average molecular weight is 340 g/mol. The van der Waals surface area contributed by atoms with Crippen LogP contribution >= 0.6 is 34.5 Å². The summed E-state index contributed by atoms with van der Waals surface area (Å²) >= 11 is 13.5. The summed E-state index contributed by atoms with van der Waals surface area (Å²) in [6.45, 7) is 1.97. The SMILES string of the molecule is Cc1ccsc1/C=C/C(=O)O/N=C/c1c(Cl)cccc1Cl. The molecular formula is C15H11Cl2NO2S. The third kappa shape index (κ3) is 4.43. The van der Waals surface area contributed by atoms with Gasteiger partial charge >= 0.3 is 5.97 Å². The van der Waals surface area contributed by atoms with Crippen LogP contribution in [-0.4, -0.2) is 12.2 Å². The predicted octanol–water partition coefficient (Wildman–Crippen LogP) is 4.95. The minimum absolute atomic E-state index is 0.437. The summed E-state index contributed by atoms with van der Waals surface area (Å²) in [7, 11) is 0. The van der Waals surface area contributed by atoms with Gasteiger partial charge in [-0.3, -0.25) is 0 Å². The first-order valence-corrected chi connectivity index (χ1v) is 7.62. The fourth-order valence-electron chi connectivity index (χ4n) is 1.49. The van der Waals surface area contributed by atoms with E-state index in [0.717, 1.165) is 10.4 Å². The summed E-state index contributed by atoms with van der Waals surface area (Å²) in [5.41, 5.74) is 1.61. The molecule has 0 saturated carbocycles. The molecule has 0 aliphatic heterocycles. The van der Waals surface area contributed by atoms with Crippen molar-refractivity contribution in [2.45, 2.75) is 6.92 Å². The van der Waals surface area contributed by atoms with Crippen LogP contribution in [0.2, 0.25) is 10.0 Å². The Balaban J connectivity index is 1.97. The van der Waals surface area contributed by atoms with Gasteiger partial charge in [-0.1, -0.05) is 34.4 Å². The Morgan fingerprint density at radius 2 is 2.00 bits per heavy atom. The molecule has 2 rings (SSSR count). The molecule has 1 heterocycles. The molecule has 0 radical (unpaired) electrons. The lowest BCUT2D eigenvalue weighted by Gasteiger charge is -1.99. The first-order chi connectivity index (χ1) is 10.1. The van der Waals surface area contributed by atoms with Gasteiger partial charge in [-0.25, -0.2) is 4.79 Å². The van der Waals surface area contributed by atoms with E-state index in [1.807, 2.05) is 18.4 Å². The normalized spacial score (nSPS) is 11.4. The molecule has 6 heteroatoms. The number of carbonyl (C=O) groups is 1. The maximum absolute atomic E-state index is 11.5. The molecule has 108 valence electrons. The highest BCUT2D eigenvalue weighted by Gasteiger charge is 2.03. The third-order valence-corrected chi connectivity index (χ3v) is 4.24. The first-order valence-electron chi connectivity index (χ1n) is 5.98. The van der Waals surface area contributed by atoms with Gasteiger partial charge in [0.25, 0.3) is 0 Å². The van der Waals surface area contributed by atoms with Gasteiger partial charge in [-0.15, -0.1) is 11.3 Å². The second-order valence-corrected chi connectivity index (χ2v) is 5.84. The Hall–Kier alpha value is -1.62. The van der Waals surface area contributed by atoms with Gasteiger partial charge in [0.05, 0.1) is 16.3 Å². The van der Waals surface area contributed by atoms with Crippen LogP contribution in [-0.2, 0) is 9.63 Å². The highest BCUT2D eigenvalue weighted by atomic mass is 35.5. The van der Waals surface area contributed by atoms with E-state index in [2.05, 4.69) is 5.16 Å². The third-order valence-electron chi connectivity index (χ3n) is 2.60. The molecule has 0 aliphatic carbocycles. The smallest absolute Gasteiger partial charge is 0.313 e. The molecule has 0 saturated heterocycles. The Morgan fingerprint density at radius 3 is 2.62 bits per heavy atom. The van der Waals surface area contributed by atoms with Crippen molar-refractivity contribution in [3.05, 3.63) is 61.8 Å². The van der Waals surface area contributed by atoms with E-state index in [0.29, 0.717) is 15.6 Å².